The number of nitrogens with zero attached hydrogens (tertiary/aromatic N) is 2. The van der Waals surface area contributed by atoms with Crippen molar-refractivity contribution in [3.05, 3.63) is 137 Å². The van der Waals surface area contributed by atoms with Gasteiger partial charge >= 0.3 is 0 Å². The summed E-state index contributed by atoms with van der Waals surface area (Å²) in [5.74, 6) is 2.62. The second kappa shape index (κ2) is 29.8. The number of methoxy groups -OCH3 is 1. The number of nitrogens with one attached hydrogen (secondary N) is 2. The highest BCUT2D eigenvalue weighted by Crippen LogP contribution is 2.68. The van der Waals surface area contributed by atoms with Crippen LogP contribution in [-0.4, -0.2) is 82.1 Å². The van der Waals surface area contributed by atoms with E-state index in [2.05, 4.69) is 104 Å². The van der Waals surface area contributed by atoms with Crippen LogP contribution in [-0.2, 0) is 44.7 Å². The van der Waals surface area contributed by atoms with Crippen LogP contribution in [0, 0.1) is 69.3 Å². The number of halogens is 2. The molecular weight excluding hydrogens is 1170 g/mol. The molecule has 1 aliphatic heterocycles. The Morgan fingerprint density at radius 2 is 1.44 bits per heavy atom. The first kappa shape index (κ1) is 69.7. The SMILES string of the molecule is COc1ccc(C(OC[C@H]2O[C@@H](c3cc(CNC(=O)CNC(=O)CC[C@@H](C)C4CC[C@@H]5C6CC[C@H]7CCCC[C@@]7(C)[C@@H]6CC[C@@]45C)c(F)cc3F)[C@@H](O[Si](C)(C)C(C)(C)C)C2OP(OCCCC#N)N(C(C)C)C(C)C)(c2ccccc2)c2ccccc2)cc1. The molecule has 492 valence electrons. The fourth-order valence-electron chi connectivity index (χ4n) is 16.9. The van der Waals surface area contributed by atoms with E-state index in [0.29, 0.717) is 47.7 Å². The fourth-order valence-corrected chi connectivity index (χ4v) is 20.0. The van der Waals surface area contributed by atoms with E-state index in [4.69, 9.17) is 27.7 Å². The topological polar surface area (TPSA) is 141 Å². The molecule has 1 heterocycles. The van der Waals surface area contributed by atoms with Crippen LogP contribution in [0.4, 0.5) is 8.78 Å². The van der Waals surface area contributed by atoms with Crippen molar-refractivity contribution in [2.75, 3.05) is 26.9 Å². The Hall–Kier alpha value is -4.62. The molecule has 9 rings (SSSR count). The number of unbranched alkanes of at least 4 members (excludes halogenated alkanes) is 1. The molecular formula is C74H105F2N4O8PSi. The Morgan fingerprint density at radius 1 is 0.789 bits per heavy atom. The number of hydrogen-bond acceptors (Lipinski definition) is 10. The van der Waals surface area contributed by atoms with Gasteiger partial charge in [0.05, 0.1) is 32.9 Å². The van der Waals surface area contributed by atoms with Crippen molar-refractivity contribution in [3.8, 4) is 11.8 Å². The minimum Gasteiger partial charge on any atom is -0.497 e. The number of carbonyl (C=O) groups is 2. The molecule has 4 aromatic rings. The standard InChI is InChI=1S/C74H105F2N4O8PSi/c1-49(2)80(50(3)4)89(85-43-23-22-42-77)87-69-65(48-84-74(54-25-16-14-17-26-54,55-27-18-15-19-28-55)56-30-33-57(83-11)34-31-56)86-68(70(69)88-90(12,13)71(6,7)8)59-44-52(63(75)45-64(59)76)46-78-67(82)47-79-66(81)38-29-51(5)60-36-37-61-58-35-32-53-24-20-21-40-72(53,9)62(58)39-41-73(60,61)10/h14-19,25-28,30-31,33-34,44-45,49-51,53,58,60-62,65,68-70H,20-24,29,32,35-41,43,46-48H2,1-13H3,(H,78,82)(H,79,81)/t51-,53-,58?,60?,61-,62-,65-,68+,69?,70-,72-,73+,89?/m1/s1. The van der Waals surface area contributed by atoms with Crippen LogP contribution in [0.1, 0.15) is 193 Å². The van der Waals surface area contributed by atoms with Gasteiger partial charge in [-0.25, -0.2) is 13.5 Å². The van der Waals surface area contributed by atoms with E-state index in [-0.39, 0.29) is 60.5 Å². The van der Waals surface area contributed by atoms with Gasteiger partial charge in [0.25, 0.3) is 8.53 Å². The van der Waals surface area contributed by atoms with Crippen LogP contribution in [0.3, 0.4) is 0 Å². The van der Waals surface area contributed by atoms with Crippen molar-refractivity contribution in [3.63, 3.8) is 0 Å². The molecule has 5 fully saturated rings. The third-order valence-electron chi connectivity index (χ3n) is 22.5. The van der Waals surface area contributed by atoms with Gasteiger partial charge in [-0.05, 0) is 191 Å². The summed E-state index contributed by atoms with van der Waals surface area (Å²) in [6.07, 6.45) is 11.3. The molecule has 12 nitrogen and oxygen atoms in total. The lowest BCUT2D eigenvalue weighted by molar-refractivity contribution is -0.126. The van der Waals surface area contributed by atoms with Gasteiger partial charge in [0.1, 0.15) is 47.4 Å². The summed E-state index contributed by atoms with van der Waals surface area (Å²) < 4.78 is 77.7. The van der Waals surface area contributed by atoms with Gasteiger partial charge in [-0.1, -0.05) is 127 Å². The Bertz CT molecular complexity index is 3010. The Kier molecular flexibility index (Phi) is 23.1. The summed E-state index contributed by atoms with van der Waals surface area (Å²) in [4.78, 5) is 27.1. The third-order valence-corrected chi connectivity index (χ3v) is 29.1. The molecule has 4 unspecified atom stereocenters. The van der Waals surface area contributed by atoms with Crippen molar-refractivity contribution in [1.82, 2.24) is 15.3 Å². The number of carbonyl (C=O) groups excluding carboxylic acids is 2. The van der Waals surface area contributed by atoms with E-state index in [0.717, 1.165) is 52.8 Å². The lowest BCUT2D eigenvalue weighted by Crippen LogP contribution is -2.53. The number of rotatable bonds is 27. The zero-order valence-corrected chi connectivity index (χ0v) is 58.2. The largest absolute Gasteiger partial charge is 0.497 e. The Morgan fingerprint density at radius 3 is 2.08 bits per heavy atom. The molecule has 4 aromatic carbocycles. The van der Waals surface area contributed by atoms with E-state index in [1.807, 2.05) is 84.9 Å². The fraction of sp³-hybridized carbons (Fsp3) is 0.635. The summed E-state index contributed by atoms with van der Waals surface area (Å²) in [5, 5.41) is 14.9. The smallest absolute Gasteiger partial charge is 0.259 e. The van der Waals surface area contributed by atoms with Crippen LogP contribution in [0.25, 0.3) is 0 Å². The zero-order valence-electron chi connectivity index (χ0n) is 56.3. The zero-order chi connectivity index (χ0) is 64.8. The van der Waals surface area contributed by atoms with Crippen molar-refractivity contribution in [2.24, 2.45) is 46.3 Å². The van der Waals surface area contributed by atoms with Gasteiger partial charge in [-0.3, -0.25) is 9.59 Å². The van der Waals surface area contributed by atoms with Gasteiger partial charge in [0.15, 0.2) is 8.32 Å². The molecule has 4 saturated carbocycles. The molecule has 2 N–H and O–H groups in total. The summed E-state index contributed by atoms with van der Waals surface area (Å²) in [6.45, 7) is 26.1. The summed E-state index contributed by atoms with van der Waals surface area (Å²) in [5.41, 5.74) is 2.14. The first-order chi connectivity index (χ1) is 42.9. The Balaban J connectivity index is 0.964. The second-order valence-electron chi connectivity index (χ2n) is 29.5. The first-order valence-corrected chi connectivity index (χ1v) is 37.9. The van der Waals surface area contributed by atoms with E-state index < -0.39 is 64.4 Å². The Labute approximate surface area is 540 Å². The van der Waals surface area contributed by atoms with Crippen LogP contribution in [0.15, 0.2) is 97.1 Å². The van der Waals surface area contributed by atoms with Crippen molar-refractivity contribution < 1.29 is 46.1 Å². The first-order valence-electron chi connectivity index (χ1n) is 33.9. The van der Waals surface area contributed by atoms with Gasteiger partial charge in [0.2, 0.25) is 11.8 Å². The maximum atomic E-state index is 17.2. The van der Waals surface area contributed by atoms with Crippen LogP contribution >= 0.6 is 8.53 Å². The molecule has 2 amide bonds. The van der Waals surface area contributed by atoms with Crippen molar-refractivity contribution >= 4 is 28.7 Å². The normalized spacial score (nSPS) is 27.6. The van der Waals surface area contributed by atoms with Crippen LogP contribution in [0.2, 0.25) is 18.1 Å². The molecule has 90 heavy (non-hydrogen) atoms. The molecule has 4 aliphatic carbocycles. The van der Waals surface area contributed by atoms with Crippen molar-refractivity contribution in [1.29, 1.82) is 5.26 Å². The highest BCUT2D eigenvalue weighted by atomic mass is 31.2. The molecule has 0 spiro atoms. The average molecular weight is 1280 g/mol. The molecule has 0 radical (unpaired) electrons. The van der Waals surface area contributed by atoms with Crippen LogP contribution in [0.5, 0.6) is 5.75 Å². The maximum absolute atomic E-state index is 17.2. The third kappa shape index (κ3) is 15.0. The van der Waals surface area contributed by atoms with E-state index in [9.17, 15) is 14.9 Å². The highest BCUT2D eigenvalue weighted by Gasteiger charge is 2.61. The molecule has 13 atom stereocenters. The number of fused-ring (bicyclic) bond motifs is 5. The van der Waals surface area contributed by atoms with Gasteiger partial charge in [-0.2, -0.15) is 5.26 Å². The van der Waals surface area contributed by atoms with E-state index in [1.54, 1.807) is 7.11 Å². The van der Waals surface area contributed by atoms with Gasteiger partial charge in [0, 0.05) is 48.7 Å². The minimum absolute atomic E-state index is 0.0284. The predicted octanol–water partition coefficient (Wildman–Crippen LogP) is 17.1. The van der Waals surface area contributed by atoms with Crippen molar-refractivity contribution in [2.45, 2.75) is 226 Å². The summed E-state index contributed by atoms with van der Waals surface area (Å²) in [6, 6.07) is 32.1. The minimum atomic E-state index is -2.82. The van der Waals surface area contributed by atoms with E-state index in [1.165, 1.54) is 70.3 Å². The highest BCUT2D eigenvalue weighted by molar-refractivity contribution is 7.44. The molecule has 0 aromatic heterocycles. The van der Waals surface area contributed by atoms with Gasteiger partial charge in [-0.15, -0.1) is 0 Å². The van der Waals surface area contributed by atoms with Gasteiger partial charge < -0.3 is 38.3 Å². The maximum Gasteiger partial charge on any atom is 0.259 e. The number of benzene rings is 4. The number of amides is 2. The quantitative estimate of drug-likeness (QED) is 0.0257. The molecule has 1 saturated heterocycles. The summed E-state index contributed by atoms with van der Waals surface area (Å²) in [7, 11) is -3.09. The second-order valence-corrected chi connectivity index (χ2v) is 35.7. The molecule has 0 bridgehead atoms. The van der Waals surface area contributed by atoms with E-state index >= 15 is 8.78 Å². The number of nitriles is 1. The predicted molar refractivity (Wildman–Crippen MR) is 356 cm³/mol. The molecule has 5 aliphatic rings. The van der Waals surface area contributed by atoms with Crippen LogP contribution < -0.4 is 15.4 Å². The molecule has 16 heteroatoms. The number of ether oxygens (including phenoxy) is 3. The average Bonchev–Trinajstić information content (AvgIpc) is 1.36. The number of hydrogen-bond donors (Lipinski definition) is 2. The summed E-state index contributed by atoms with van der Waals surface area (Å²) >= 11 is 0. The lowest BCUT2D eigenvalue weighted by Gasteiger charge is -2.61. The monoisotopic (exact) mass is 1270 g/mol. The lowest BCUT2D eigenvalue weighted by atomic mass is 9.44.